The van der Waals surface area contributed by atoms with Crippen molar-refractivity contribution in [2.45, 2.75) is 27.2 Å². The summed E-state index contributed by atoms with van der Waals surface area (Å²) in [6, 6.07) is 0. The van der Waals surface area contributed by atoms with Gasteiger partial charge in [0.15, 0.2) is 6.29 Å². The quantitative estimate of drug-likeness (QED) is 0.731. The number of carbonyl (C=O) groups is 1. The highest BCUT2D eigenvalue weighted by Gasteiger charge is 2.13. The van der Waals surface area contributed by atoms with Gasteiger partial charge in [0.05, 0.1) is 0 Å². The average Bonchev–Trinajstić information content (AvgIpc) is 2.66. The van der Waals surface area contributed by atoms with E-state index in [0.29, 0.717) is 5.69 Å². The highest BCUT2D eigenvalue weighted by molar-refractivity contribution is 7.13. The molecule has 0 aliphatic heterocycles. The summed E-state index contributed by atoms with van der Waals surface area (Å²) in [6.07, 6.45) is 1.72. The second-order valence-corrected chi connectivity index (χ2v) is 4.28. The fraction of sp³-hybridized carbons (Fsp3) is 0.364. The Balaban J connectivity index is 2.87. The fourth-order valence-electron chi connectivity index (χ4n) is 1.76. The molecule has 0 unspecified atom stereocenters. The Morgan fingerprint density at radius 2 is 2.07 bits per heavy atom. The van der Waals surface area contributed by atoms with E-state index in [4.69, 9.17) is 0 Å². The maximum absolute atomic E-state index is 10.8. The first kappa shape index (κ1) is 10.2. The van der Waals surface area contributed by atoms with E-state index < -0.39 is 0 Å². The highest BCUT2D eigenvalue weighted by atomic mass is 32.1. The standard InChI is InChI=1S/C11H12N2OS/c1-4-8-6(2)7(3)10-9(5-14)13-15-11(10)12-8/h5H,4H2,1-3H3. The van der Waals surface area contributed by atoms with Crippen LogP contribution in [0.4, 0.5) is 0 Å². The molecular formula is C11H12N2OS. The van der Waals surface area contributed by atoms with Crippen LogP contribution < -0.4 is 0 Å². The van der Waals surface area contributed by atoms with E-state index in [1.54, 1.807) is 0 Å². The normalized spacial score (nSPS) is 10.9. The van der Waals surface area contributed by atoms with E-state index in [9.17, 15) is 4.79 Å². The van der Waals surface area contributed by atoms with Gasteiger partial charge in [0.25, 0.3) is 0 Å². The number of nitrogens with zero attached hydrogens (tertiary/aromatic N) is 2. The van der Waals surface area contributed by atoms with Gasteiger partial charge in [-0.1, -0.05) is 6.92 Å². The Hall–Kier alpha value is -1.29. The molecule has 15 heavy (non-hydrogen) atoms. The summed E-state index contributed by atoms with van der Waals surface area (Å²) in [5, 5.41) is 0.921. The van der Waals surface area contributed by atoms with Crippen molar-refractivity contribution in [2.24, 2.45) is 0 Å². The monoisotopic (exact) mass is 220 g/mol. The van der Waals surface area contributed by atoms with Crippen LogP contribution in [0.3, 0.4) is 0 Å². The second-order valence-electron chi connectivity index (χ2n) is 3.53. The Bertz CT molecular complexity index is 531. The van der Waals surface area contributed by atoms with Gasteiger partial charge < -0.3 is 0 Å². The van der Waals surface area contributed by atoms with Crippen molar-refractivity contribution in [1.82, 2.24) is 9.36 Å². The first-order valence-corrected chi connectivity index (χ1v) is 5.67. The number of aldehydes is 1. The number of hydrogen-bond acceptors (Lipinski definition) is 4. The third kappa shape index (κ3) is 1.45. The first-order chi connectivity index (χ1) is 7.19. The van der Waals surface area contributed by atoms with Crippen LogP contribution in [0.1, 0.15) is 34.2 Å². The smallest absolute Gasteiger partial charge is 0.170 e. The van der Waals surface area contributed by atoms with Crippen molar-refractivity contribution < 1.29 is 4.79 Å². The van der Waals surface area contributed by atoms with Crippen molar-refractivity contribution in [3.8, 4) is 0 Å². The number of aromatic nitrogens is 2. The molecule has 0 saturated carbocycles. The molecule has 0 radical (unpaired) electrons. The van der Waals surface area contributed by atoms with Gasteiger partial charge in [-0.3, -0.25) is 4.79 Å². The van der Waals surface area contributed by atoms with Crippen LogP contribution >= 0.6 is 11.5 Å². The molecule has 78 valence electrons. The van der Waals surface area contributed by atoms with Gasteiger partial charge in [-0.15, -0.1) is 0 Å². The lowest BCUT2D eigenvalue weighted by molar-refractivity contribution is 0.112. The lowest BCUT2D eigenvalue weighted by Crippen LogP contribution is -1.96. The minimum Gasteiger partial charge on any atom is -0.296 e. The number of rotatable bonds is 2. The Kier molecular flexibility index (Phi) is 2.52. The Morgan fingerprint density at radius 3 is 2.67 bits per heavy atom. The Morgan fingerprint density at radius 1 is 1.33 bits per heavy atom. The van der Waals surface area contributed by atoms with Crippen molar-refractivity contribution in [2.75, 3.05) is 0 Å². The van der Waals surface area contributed by atoms with Crippen LogP contribution in [-0.2, 0) is 6.42 Å². The van der Waals surface area contributed by atoms with Gasteiger partial charge in [-0.2, -0.15) is 4.37 Å². The molecule has 2 aromatic rings. The van der Waals surface area contributed by atoms with Gasteiger partial charge in [0.2, 0.25) is 0 Å². The summed E-state index contributed by atoms with van der Waals surface area (Å²) in [6.45, 7) is 6.16. The summed E-state index contributed by atoms with van der Waals surface area (Å²) >= 11 is 1.30. The molecule has 0 saturated heterocycles. The molecule has 0 amide bonds. The molecule has 0 spiro atoms. The van der Waals surface area contributed by atoms with Crippen LogP contribution in [0.2, 0.25) is 0 Å². The largest absolute Gasteiger partial charge is 0.296 e. The molecule has 4 heteroatoms. The predicted octanol–water partition coefficient (Wildman–Crippen LogP) is 2.68. The summed E-state index contributed by atoms with van der Waals surface area (Å²) < 4.78 is 4.10. The molecule has 2 rings (SSSR count). The van der Waals surface area contributed by atoms with E-state index in [-0.39, 0.29) is 0 Å². The summed E-state index contributed by atoms with van der Waals surface area (Å²) in [4.78, 5) is 16.2. The van der Waals surface area contributed by atoms with E-state index in [1.807, 2.05) is 13.8 Å². The maximum atomic E-state index is 10.8. The Labute approximate surface area is 92.3 Å². The van der Waals surface area contributed by atoms with Crippen molar-refractivity contribution >= 4 is 28.0 Å². The zero-order valence-electron chi connectivity index (χ0n) is 9.00. The van der Waals surface area contributed by atoms with Crippen molar-refractivity contribution in [3.63, 3.8) is 0 Å². The number of fused-ring (bicyclic) bond motifs is 1. The first-order valence-electron chi connectivity index (χ1n) is 4.89. The van der Waals surface area contributed by atoms with Gasteiger partial charge in [-0.25, -0.2) is 4.98 Å². The summed E-state index contributed by atoms with van der Waals surface area (Å²) in [5.74, 6) is 0. The summed E-state index contributed by atoms with van der Waals surface area (Å²) in [7, 11) is 0. The number of hydrogen-bond donors (Lipinski definition) is 0. The van der Waals surface area contributed by atoms with E-state index in [2.05, 4.69) is 16.3 Å². The van der Waals surface area contributed by atoms with Crippen LogP contribution in [0, 0.1) is 13.8 Å². The molecular weight excluding hydrogens is 208 g/mol. The molecule has 0 atom stereocenters. The van der Waals surface area contributed by atoms with E-state index in [0.717, 1.165) is 34.2 Å². The molecule has 2 aromatic heterocycles. The zero-order valence-corrected chi connectivity index (χ0v) is 9.81. The summed E-state index contributed by atoms with van der Waals surface area (Å²) in [5.41, 5.74) is 3.92. The van der Waals surface area contributed by atoms with E-state index in [1.165, 1.54) is 17.1 Å². The molecule has 0 aliphatic rings. The van der Waals surface area contributed by atoms with Gasteiger partial charge in [0, 0.05) is 11.1 Å². The predicted molar refractivity (Wildman–Crippen MR) is 61.7 cm³/mol. The molecule has 0 aliphatic carbocycles. The molecule has 0 fully saturated rings. The lowest BCUT2D eigenvalue weighted by atomic mass is 10.0. The topological polar surface area (TPSA) is 42.9 Å². The third-order valence-corrected chi connectivity index (χ3v) is 3.51. The molecule has 0 N–H and O–H groups in total. The molecule has 0 bridgehead atoms. The van der Waals surface area contributed by atoms with Crippen LogP contribution in [0.5, 0.6) is 0 Å². The minimum absolute atomic E-state index is 0.519. The molecule has 0 aromatic carbocycles. The number of aryl methyl sites for hydroxylation is 2. The van der Waals surface area contributed by atoms with E-state index >= 15 is 0 Å². The average molecular weight is 220 g/mol. The maximum Gasteiger partial charge on any atom is 0.170 e. The molecule has 2 heterocycles. The number of carbonyl (C=O) groups excluding carboxylic acids is 1. The highest BCUT2D eigenvalue weighted by Crippen LogP contribution is 2.27. The minimum atomic E-state index is 0.519. The fourth-order valence-corrected chi connectivity index (χ4v) is 2.58. The van der Waals surface area contributed by atoms with Crippen molar-refractivity contribution in [1.29, 1.82) is 0 Å². The SMILES string of the molecule is CCc1nc2snc(C=O)c2c(C)c1C. The lowest BCUT2D eigenvalue weighted by Gasteiger charge is -2.06. The van der Waals surface area contributed by atoms with Crippen LogP contribution in [0.25, 0.3) is 10.2 Å². The van der Waals surface area contributed by atoms with Gasteiger partial charge >= 0.3 is 0 Å². The van der Waals surface area contributed by atoms with Gasteiger partial charge in [0.1, 0.15) is 10.5 Å². The number of pyridine rings is 1. The van der Waals surface area contributed by atoms with Crippen LogP contribution in [0.15, 0.2) is 0 Å². The third-order valence-electron chi connectivity index (χ3n) is 2.75. The van der Waals surface area contributed by atoms with Crippen molar-refractivity contribution in [3.05, 3.63) is 22.5 Å². The second kappa shape index (κ2) is 3.70. The van der Waals surface area contributed by atoms with Crippen LogP contribution in [-0.4, -0.2) is 15.6 Å². The van der Waals surface area contributed by atoms with Gasteiger partial charge in [-0.05, 0) is 42.9 Å². The molecule has 3 nitrogen and oxygen atoms in total. The zero-order chi connectivity index (χ0) is 11.0.